The molecule has 1 aromatic carbocycles. The maximum absolute atomic E-state index is 13.0. The number of amides is 2. The summed E-state index contributed by atoms with van der Waals surface area (Å²) in [6.45, 7) is 1.16. The molecule has 0 aliphatic carbocycles. The molecule has 0 fully saturated rings. The molecule has 2 heterocycles. The fourth-order valence-corrected chi connectivity index (χ4v) is 3.82. The standard InChI is InChI=1S/C19H19N3O6S/c1-14-6-8-16(9-7-14)29(25,26)22(12-15-4-2-10-27-15)13-18(23)20-21-19(24)17-5-3-11-28-17/h2-11H,12-13H2,1H3,(H,20,23)(H,21,24). The minimum Gasteiger partial charge on any atom is -0.468 e. The maximum Gasteiger partial charge on any atom is 0.305 e. The van der Waals surface area contributed by atoms with Gasteiger partial charge >= 0.3 is 5.91 Å². The first-order valence-corrected chi connectivity index (χ1v) is 10.0. The van der Waals surface area contributed by atoms with Crippen LogP contribution in [-0.4, -0.2) is 31.1 Å². The second kappa shape index (κ2) is 8.76. The molecule has 0 unspecified atom stereocenters. The smallest absolute Gasteiger partial charge is 0.305 e. The molecule has 9 nitrogen and oxygen atoms in total. The van der Waals surface area contributed by atoms with E-state index in [-0.39, 0.29) is 17.2 Å². The zero-order chi connectivity index (χ0) is 20.9. The Morgan fingerprint density at radius 1 is 0.966 bits per heavy atom. The van der Waals surface area contributed by atoms with Crippen molar-refractivity contribution in [2.75, 3.05) is 6.54 Å². The first-order chi connectivity index (χ1) is 13.9. The van der Waals surface area contributed by atoms with Crippen molar-refractivity contribution in [3.63, 3.8) is 0 Å². The number of hydrogen-bond donors (Lipinski definition) is 2. The summed E-state index contributed by atoms with van der Waals surface area (Å²) in [5, 5.41) is 0. The van der Waals surface area contributed by atoms with Crippen molar-refractivity contribution in [2.45, 2.75) is 18.4 Å². The summed E-state index contributed by atoms with van der Waals surface area (Å²) in [6, 6.07) is 12.4. The lowest BCUT2D eigenvalue weighted by Gasteiger charge is -2.21. The Balaban J connectivity index is 1.73. The SMILES string of the molecule is Cc1ccc(S(=O)(=O)N(CC(=O)NNC(=O)c2ccco2)Cc2ccco2)cc1. The van der Waals surface area contributed by atoms with Gasteiger partial charge in [-0.1, -0.05) is 17.7 Å². The molecular formula is C19H19N3O6S. The molecule has 0 radical (unpaired) electrons. The second-order valence-corrected chi connectivity index (χ2v) is 8.08. The van der Waals surface area contributed by atoms with Crippen molar-refractivity contribution >= 4 is 21.8 Å². The van der Waals surface area contributed by atoms with E-state index in [9.17, 15) is 18.0 Å². The number of sulfonamides is 1. The zero-order valence-electron chi connectivity index (χ0n) is 15.5. The van der Waals surface area contributed by atoms with Crippen molar-refractivity contribution in [2.24, 2.45) is 0 Å². The average molecular weight is 417 g/mol. The molecule has 0 spiro atoms. The van der Waals surface area contributed by atoms with Gasteiger partial charge in [0.1, 0.15) is 5.76 Å². The van der Waals surface area contributed by atoms with Crippen molar-refractivity contribution in [3.05, 3.63) is 78.1 Å². The Morgan fingerprint density at radius 3 is 2.28 bits per heavy atom. The van der Waals surface area contributed by atoms with Gasteiger partial charge < -0.3 is 8.83 Å². The van der Waals surface area contributed by atoms with Crippen molar-refractivity contribution < 1.29 is 26.8 Å². The van der Waals surface area contributed by atoms with Crippen LogP contribution in [0, 0.1) is 6.92 Å². The normalized spacial score (nSPS) is 11.4. The number of rotatable bonds is 7. The van der Waals surface area contributed by atoms with Gasteiger partial charge in [-0.25, -0.2) is 8.42 Å². The number of benzene rings is 1. The summed E-state index contributed by atoms with van der Waals surface area (Å²) in [5.74, 6) is -1.02. The summed E-state index contributed by atoms with van der Waals surface area (Å²) >= 11 is 0. The lowest BCUT2D eigenvalue weighted by Crippen LogP contribution is -2.47. The second-order valence-electron chi connectivity index (χ2n) is 6.15. The van der Waals surface area contributed by atoms with E-state index in [1.165, 1.54) is 36.8 Å². The van der Waals surface area contributed by atoms with Gasteiger partial charge in [-0.2, -0.15) is 4.31 Å². The summed E-state index contributed by atoms with van der Waals surface area (Å²) in [4.78, 5) is 24.2. The first-order valence-electron chi connectivity index (χ1n) is 8.58. The Bertz CT molecular complexity index is 1060. The molecule has 0 aliphatic heterocycles. The van der Waals surface area contributed by atoms with Crippen LogP contribution in [0.5, 0.6) is 0 Å². The monoisotopic (exact) mass is 417 g/mol. The molecule has 0 aliphatic rings. The van der Waals surface area contributed by atoms with Crippen molar-refractivity contribution in [1.82, 2.24) is 15.2 Å². The summed E-state index contributed by atoms with van der Waals surface area (Å²) in [7, 11) is -3.99. The minimum absolute atomic E-state index is 0.00465. The third kappa shape index (κ3) is 5.12. The van der Waals surface area contributed by atoms with E-state index < -0.39 is 28.4 Å². The highest BCUT2D eigenvalue weighted by molar-refractivity contribution is 7.89. The third-order valence-electron chi connectivity index (χ3n) is 3.95. The van der Waals surface area contributed by atoms with Crippen LogP contribution in [0.3, 0.4) is 0 Å². The molecule has 0 atom stereocenters. The molecular weight excluding hydrogens is 398 g/mol. The first kappa shape index (κ1) is 20.4. The Kier molecular flexibility index (Phi) is 6.15. The highest BCUT2D eigenvalue weighted by atomic mass is 32.2. The largest absolute Gasteiger partial charge is 0.468 e. The molecule has 152 valence electrons. The Morgan fingerprint density at radius 2 is 1.66 bits per heavy atom. The number of hydrazine groups is 1. The fourth-order valence-electron chi connectivity index (χ4n) is 2.46. The van der Waals surface area contributed by atoms with E-state index in [1.807, 2.05) is 6.92 Å². The van der Waals surface area contributed by atoms with Crippen LogP contribution in [0.15, 0.2) is 74.8 Å². The quantitative estimate of drug-likeness (QED) is 0.566. The molecule has 2 amide bonds. The Labute approximate surface area is 167 Å². The molecule has 3 rings (SSSR count). The lowest BCUT2D eigenvalue weighted by atomic mass is 10.2. The maximum atomic E-state index is 13.0. The zero-order valence-corrected chi connectivity index (χ0v) is 16.3. The molecule has 0 bridgehead atoms. The van der Waals surface area contributed by atoms with Gasteiger partial charge in [0.25, 0.3) is 5.91 Å². The van der Waals surface area contributed by atoms with Gasteiger partial charge in [-0.3, -0.25) is 20.4 Å². The number of nitrogens with zero attached hydrogens (tertiary/aromatic N) is 1. The number of furan rings is 2. The van der Waals surface area contributed by atoms with E-state index >= 15 is 0 Å². The van der Waals surface area contributed by atoms with E-state index in [0.717, 1.165) is 9.87 Å². The van der Waals surface area contributed by atoms with Gasteiger partial charge in [0.2, 0.25) is 10.0 Å². The van der Waals surface area contributed by atoms with Gasteiger partial charge in [-0.05, 0) is 43.3 Å². The van der Waals surface area contributed by atoms with Crippen LogP contribution in [-0.2, 0) is 21.4 Å². The van der Waals surface area contributed by atoms with E-state index in [0.29, 0.717) is 5.76 Å². The molecule has 0 saturated heterocycles. The van der Waals surface area contributed by atoms with Gasteiger partial charge in [0.05, 0.1) is 30.5 Å². The van der Waals surface area contributed by atoms with Crippen LogP contribution < -0.4 is 10.9 Å². The van der Waals surface area contributed by atoms with Crippen LogP contribution in [0.2, 0.25) is 0 Å². The highest BCUT2D eigenvalue weighted by Crippen LogP contribution is 2.19. The average Bonchev–Trinajstić information content (AvgIpc) is 3.40. The highest BCUT2D eigenvalue weighted by Gasteiger charge is 2.28. The van der Waals surface area contributed by atoms with Crippen LogP contribution in [0.4, 0.5) is 0 Å². The van der Waals surface area contributed by atoms with Crippen molar-refractivity contribution in [1.29, 1.82) is 0 Å². The van der Waals surface area contributed by atoms with Gasteiger partial charge in [0, 0.05) is 0 Å². The summed E-state index contributed by atoms with van der Waals surface area (Å²) < 4.78 is 37.2. The van der Waals surface area contributed by atoms with Crippen molar-refractivity contribution in [3.8, 4) is 0 Å². The fraction of sp³-hybridized carbons (Fsp3) is 0.158. The van der Waals surface area contributed by atoms with E-state index in [1.54, 1.807) is 24.3 Å². The molecule has 3 aromatic rings. The number of hydrogen-bond acceptors (Lipinski definition) is 6. The van der Waals surface area contributed by atoms with Gasteiger partial charge in [0.15, 0.2) is 5.76 Å². The molecule has 2 N–H and O–H groups in total. The molecule has 2 aromatic heterocycles. The molecule has 29 heavy (non-hydrogen) atoms. The predicted octanol–water partition coefficient (Wildman–Crippen LogP) is 1.83. The minimum atomic E-state index is -3.99. The van der Waals surface area contributed by atoms with Crippen LogP contribution in [0.1, 0.15) is 21.9 Å². The lowest BCUT2D eigenvalue weighted by molar-refractivity contribution is -0.122. The van der Waals surface area contributed by atoms with Gasteiger partial charge in [-0.15, -0.1) is 0 Å². The van der Waals surface area contributed by atoms with Crippen LogP contribution in [0.25, 0.3) is 0 Å². The number of aryl methyl sites for hydroxylation is 1. The number of nitrogens with one attached hydrogen (secondary N) is 2. The molecule has 10 heteroatoms. The molecule has 0 saturated carbocycles. The number of carbonyl (C=O) groups excluding carboxylic acids is 2. The summed E-state index contributed by atoms with van der Waals surface area (Å²) in [6.07, 6.45) is 2.73. The Hall–Kier alpha value is -3.37. The predicted molar refractivity (Wildman–Crippen MR) is 102 cm³/mol. The third-order valence-corrected chi connectivity index (χ3v) is 5.76. The number of carbonyl (C=O) groups is 2. The van der Waals surface area contributed by atoms with E-state index in [4.69, 9.17) is 8.83 Å². The van der Waals surface area contributed by atoms with Crippen LogP contribution >= 0.6 is 0 Å². The van der Waals surface area contributed by atoms with E-state index in [2.05, 4.69) is 10.9 Å². The topological polar surface area (TPSA) is 122 Å². The summed E-state index contributed by atoms with van der Waals surface area (Å²) in [5.41, 5.74) is 5.25.